The molecule has 0 saturated heterocycles. The monoisotopic (exact) mass is 273 g/mol. The van der Waals surface area contributed by atoms with Gasteiger partial charge in [-0.15, -0.1) is 0 Å². The largest absolute Gasteiger partial charge is 0.495 e. The van der Waals surface area contributed by atoms with Gasteiger partial charge in [0.15, 0.2) is 0 Å². The molecule has 0 unspecified atom stereocenters. The lowest BCUT2D eigenvalue weighted by Gasteiger charge is -2.07. The lowest BCUT2D eigenvalue weighted by atomic mass is 10.6. The van der Waals surface area contributed by atoms with E-state index in [-0.39, 0.29) is 0 Å². The number of nitrogens with zero attached hydrogens (tertiary/aromatic N) is 4. The molecule has 2 amide bonds. The molecule has 1 aliphatic heterocycles. The molecule has 0 aliphatic carbocycles. The molecule has 1 heterocycles. The molecule has 0 spiro atoms. The van der Waals surface area contributed by atoms with Crippen LogP contribution in [0.2, 0.25) is 0 Å². The van der Waals surface area contributed by atoms with Crippen LogP contribution in [0.4, 0.5) is 4.79 Å². The first-order valence-electron chi connectivity index (χ1n) is 5.71. The second-order valence-electron chi connectivity index (χ2n) is 3.27. The first-order valence-corrected chi connectivity index (χ1v) is 5.71. The number of hydrogen-bond acceptors (Lipinski definition) is 5. The van der Waals surface area contributed by atoms with Gasteiger partial charge in [-0.1, -0.05) is 0 Å². The number of ether oxygens (including phenoxy) is 1. The fourth-order valence-electron chi connectivity index (χ4n) is 0.997. The van der Waals surface area contributed by atoms with Crippen LogP contribution in [0.25, 0.3) is 0 Å². The normalized spacial score (nSPS) is 16.1. The number of carbonyl (C=O) groups excluding carboxylic acids is 1. The molecular formula is C13H15N5O2. The molecule has 1 aliphatic rings. The van der Waals surface area contributed by atoms with Gasteiger partial charge in [0, 0.05) is 49.6 Å². The van der Waals surface area contributed by atoms with Gasteiger partial charge in [0.05, 0.1) is 6.26 Å². The molecule has 0 aromatic heterocycles. The predicted molar refractivity (Wildman–Crippen MR) is 79.4 cm³/mol. The summed E-state index contributed by atoms with van der Waals surface area (Å²) >= 11 is 0. The third-order valence-corrected chi connectivity index (χ3v) is 1.85. The van der Waals surface area contributed by atoms with Crippen LogP contribution in [0.5, 0.6) is 0 Å². The van der Waals surface area contributed by atoms with E-state index < -0.39 is 6.03 Å². The Morgan fingerprint density at radius 2 is 1.75 bits per heavy atom. The fourth-order valence-corrected chi connectivity index (χ4v) is 0.997. The molecule has 104 valence electrons. The Hall–Kier alpha value is -2.96. The van der Waals surface area contributed by atoms with E-state index in [1.807, 2.05) is 0 Å². The van der Waals surface area contributed by atoms with Gasteiger partial charge >= 0.3 is 6.03 Å². The highest BCUT2D eigenvalue weighted by Crippen LogP contribution is 1.92. The number of primary amides is 1. The fraction of sp³-hybridized carbons (Fsp3) is 0.0769. The summed E-state index contributed by atoms with van der Waals surface area (Å²) in [6.45, 7) is 0.306. The molecule has 2 N–H and O–H groups in total. The average molecular weight is 273 g/mol. The van der Waals surface area contributed by atoms with Crippen molar-refractivity contribution in [3.05, 3.63) is 49.4 Å². The van der Waals surface area contributed by atoms with Gasteiger partial charge in [0.25, 0.3) is 0 Å². The quantitative estimate of drug-likeness (QED) is 0.725. The van der Waals surface area contributed by atoms with Gasteiger partial charge in [-0.2, -0.15) is 0 Å². The number of amides is 2. The second kappa shape index (κ2) is 10.0. The predicted octanol–water partition coefficient (Wildman–Crippen LogP) is 1.58. The Morgan fingerprint density at radius 3 is 2.55 bits per heavy atom. The van der Waals surface area contributed by atoms with E-state index in [1.165, 1.54) is 43.5 Å². The number of hydrogen-bond donors (Lipinski definition) is 1. The summed E-state index contributed by atoms with van der Waals surface area (Å²) < 4.78 is 5.11. The zero-order valence-electron chi connectivity index (χ0n) is 10.7. The smallest absolute Gasteiger partial charge is 0.322 e. The third kappa shape index (κ3) is 7.38. The van der Waals surface area contributed by atoms with Gasteiger partial charge in [-0.05, 0) is 12.2 Å². The van der Waals surface area contributed by atoms with E-state index in [0.29, 0.717) is 6.61 Å². The molecule has 1 rings (SSSR count). The van der Waals surface area contributed by atoms with Crippen molar-refractivity contribution in [1.82, 2.24) is 4.90 Å². The van der Waals surface area contributed by atoms with E-state index in [2.05, 4.69) is 15.0 Å². The minimum Gasteiger partial charge on any atom is -0.495 e. The summed E-state index contributed by atoms with van der Waals surface area (Å²) in [6, 6.07) is -0.639. The molecule has 0 aromatic rings. The minimum atomic E-state index is -0.639. The van der Waals surface area contributed by atoms with Crippen molar-refractivity contribution in [2.45, 2.75) is 0 Å². The van der Waals surface area contributed by atoms with Crippen LogP contribution in [0.1, 0.15) is 0 Å². The molecule has 0 saturated carbocycles. The summed E-state index contributed by atoms with van der Waals surface area (Å²) in [5, 5.41) is 0. The van der Waals surface area contributed by atoms with Crippen LogP contribution in [0.3, 0.4) is 0 Å². The Kier molecular flexibility index (Phi) is 7.56. The van der Waals surface area contributed by atoms with Crippen molar-refractivity contribution >= 4 is 24.7 Å². The Morgan fingerprint density at radius 1 is 1.05 bits per heavy atom. The van der Waals surface area contributed by atoms with Crippen LogP contribution >= 0.6 is 0 Å². The first-order chi connectivity index (χ1) is 9.80. The molecule has 0 bridgehead atoms. The molecule has 0 fully saturated rings. The Balaban J connectivity index is 2.77. The molecule has 0 aromatic carbocycles. The number of nitrogens with two attached hydrogens (primary N) is 1. The molecule has 7 nitrogen and oxygen atoms in total. The van der Waals surface area contributed by atoms with Crippen molar-refractivity contribution in [2.75, 3.05) is 6.61 Å². The Labute approximate surface area is 116 Å². The summed E-state index contributed by atoms with van der Waals surface area (Å²) in [5.41, 5.74) is 5.18. The second-order valence-corrected chi connectivity index (χ2v) is 3.27. The first kappa shape index (κ1) is 15.1. The molecule has 7 heteroatoms. The number of rotatable bonds is 0. The SMILES string of the molecule is NC(=O)N1C=CN=CC=CN=CC=COCC=NC=C1. The van der Waals surface area contributed by atoms with Crippen LogP contribution < -0.4 is 5.73 Å². The van der Waals surface area contributed by atoms with Gasteiger partial charge in [-0.3, -0.25) is 19.9 Å². The van der Waals surface area contributed by atoms with Crippen molar-refractivity contribution in [3.8, 4) is 0 Å². The van der Waals surface area contributed by atoms with Crippen LogP contribution in [-0.4, -0.2) is 36.2 Å². The number of allylic oxidation sites excluding steroid dienone is 2. The zero-order valence-corrected chi connectivity index (χ0v) is 10.7. The highest BCUT2D eigenvalue weighted by atomic mass is 16.5. The maximum Gasteiger partial charge on any atom is 0.322 e. The maximum atomic E-state index is 11.1. The topological polar surface area (TPSA) is 92.6 Å². The highest BCUT2D eigenvalue weighted by molar-refractivity contribution is 5.75. The number of urea groups is 1. The van der Waals surface area contributed by atoms with Crippen molar-refractivity contribution < 1.29 is 9.53 Å². The number of carbonyl (C=O) groups is 1. The van der Waals surface area contributed by atoms with E-state index in [0.717, 1.165) is 4.90 Å². The molecule has 0 atom stereocenters. The van der Waals surface area contributed by atoms with Crippen LogP contribution in [0, 0.1) is 0 Å². The van der Waals surface area contributed by atoms with Crippen LogP contribution in [-0.2, 0) is 4.74 Å². The molecular weight excluding hydrogens is 258 g/mol. The summed E-state index contributed by atoms with van der Waals surface area (Å²) in [6.07, 6.45) is 16.7. The van der Waals surface area contributed by atoms with Crippen molar-refractivity contribution in [2.24, 2.45) is 20.7 Å². The average Bonchev–Trinajstić information content (AvgIpc) is 2.43. The van der Waals surface area contributed by atoms with Crippen LogP contribution in [0.15, 0.2) is 64.4 Å². The lowest BCUT2D eigenvalue weighted by molar-refractivity contribution is 0.235. The molecule has 0 radical (unpaired) electrons. The highest BCUT2D eigenvalue weighted by Gasteiger charge is 1.99. The number of aliphatic imine (C=N–C) groups is 3. The minimum absolute atomic E-state index is 0.306. The summed E-state index contributed by atoms with van der Waals surface area (Å²) in [7, 11) is 0. The Bertz CT molecular complexity index is 501. The van der Waals surface area contributed by atoms with E-state index >= 15 is 0 Å². The summed E-state index contributed by atoms with van der Waals surface area (Å²) in [5.74, 6) is 0. The zero-order chi connectivity index (χ0) is 14.5. The van der Waals surface area contributed by atoms with Crippen molar-refractivity contribution in [1.29, 1.82) is 0 Å². The maximum absolute atomic E-state index is 11.1. The standard InChI is InChI=1S/C13H15N5O2/c14-13(19)18-9-6-16-4-1-3-15-5-2-11-20-12-8-17-7-10-18/h1-11H,12H2,(H2,14,19). The lowest BCUT2D eigenvalue weighted by Crippen LogP contribution is -2.26. The summed E-state index contributed by atoms with van der Waals surface area (Å²) in [4.78, 5) is 24.0. The van der Waals surface area contributed by atoms with E-state index in [9.17, 15) is 4.79 Å². The molecule has 20 heavy (non-hydrogen) atoms. The van der Waals surface area contributed by atoms with Gasteiger partial charge in [-0.25, -0.2) is 4.79 Å². The van der Waals surface area contributed by atoms with Gasteiger partial charge in [0.1, 0.15) is 6.61 Å². The van der Waals surface area contributed by atoms with Crippen molar-refractivity contribution in [3.63, 3.8) is 0 Å². The van der Waals surface area contributed by atoms with E-state index in [1.54, 1.807) is 24.6 Å². The van der Waals surface area contributed by atoms with E-state index in [4.69, 9.17) is 10.5 Å². The van der Waals surface area contributed by atoms with Gasteiger partial charge in [0.2, 0.25) is 0 Å². The van der Waals surface area contributed by atoms with Gasteiger partial charge < -0.3 is 10.5 Å². The third-order valence-electron chi connectivity index (χ3n) is 1.85.